The smallest absolute Gasteiger partial charge is 0.418 e. The van der Waals surface area contributed by atoms with Crippen molar-refractivity contribution in [1.82, 2.24) is 19.8 Å². The van der Waals surface area contributed by atoms with Crippen molar-refractivity contribution in [2.24, 2.45) is 0 Å². The van der Waals surface area contributed by atoms with E-state index in [4.69, 9.17) is 26.8 Å². The third-order valence-corrected chi connectivity index (χ3v) is 8.67. The molecule has 0 aromatic carbocycles. The van der Waals surface area contributed by atoms with Crippen LogP contribution in [-0.2, 0) is 15.7 Å². The Bertz CT molecular complexity index is 1470. The van der Waals surface area contributed by atoms with Crippen molar-refractivity contribution >= 4 is 35.1 Å². The summed E-state index contributed by atoms with van der Waals surface area (Å²) in [5.41, 5.74) is 3.18. The van der Waals surface area contributed by atoms with Gasteiger partial charge in [0.05, 0.1) is 23.2 Å². The average molecular weight is 609 g/mol. The van der Waals surface area contributed by atoms with E-state index in [2.05, 4.69) is 16.5 Å². The zero-order chi connectivity index (χ0) is 30.7. The highest BCUT2D eigenvalue weighted by Gasteiger charge is 2.48. The molecule has 10 nitrogen and oxygen atoms in total. The molecule has 2 N–H and O–H groups in total. The maximum atomic E-state index is 14.4. The summed E-state index contributed by atoms with van der Waals surface area (Å²) >= 11 is 6.80. The molecule has 2 aromatic heterocycles. The quantitative estimate of drug-likeness (QED) is 0.519. The topological polar surface area (TPSA) is 114 Å². The van der Waals surface area contributed by atoms with Gasteiger partial charge in [0.2, 0.25) is 5.91 Å². The number of pyridine rings is 2. The van der Waals surface area contributed by atoms with E-state index in [0.717, 1.165) is 6.07 Å². The van der Waals surface area contributed by atoms with Crippen LogP contribution in [-0.4, -0.2) is 89.2 Å². The number of fused-ring (bicyclic) bond motifs is 2. The van der Waals surface area contributed by atoms with Crippen LogP contribution in [0.15, 0.2) is 18.7 Å². The van der Waals surface area contributed by atoms with Gasteiger partial charge in [-0.05, 0) is 44.9 Å². The third kappa shape index (κ3) is 4.81. The van der Waals surface area contributed by atoms with E-state index < -0.39 is 34.9 Å². The van der Waals surface area contributed by atoms with Gasteiger partial charge in [0.15, 0.2) is 5.75 Å². The van der Waals surface area contributed by atoms with Crippen LogP contribution in [0.5, 0.6) is 5.75 Å². The number of halogens is 4. The number of alkyl halides is 3. The molecule has 0 aliphatic carbocycles. The number of nitrogen functional groups attached to an aromatic ring is 1. The molecule has 5 heterocycles. The fraction of sp³-hybridized carbons (Fsp3) is 0.500. The van der Waals surface area contributed by atoms with Gasteiger partial charge in [-0.25, -0.2) is 9.97 Å². The standard InChI is InChI=1S/C28H32ClF3N6O4/c1-6-18(39)36-9-10-37-15(12-36)13-42-24-19(26(37)40)25(38-8-7-16(41-5)27(38,3)4)35-23(21(24)29)22-20(28(30,31)32)14(2)11-17(33)34-22/h6,11,15-16H,1,7-10,12-13H2,2-5H3,(H2,33,34). The minimum absolute atomic E-state index is 0.0359. The third-order valence-electron chi connectivity index (χ3n) is 8.32. The molecule has 2 atom stereocenters. The van der Waals surface area contributed by atoms with Crippen molar-refractivity contribution in [2.45, 2.75) is 51.1 Å². The van der Waals surface area contributed by atoms with E-state index in [1.807, 2.05) is 18.7 Å². The van der Waals surface area contributed by atoms with Crippen molar-refractivity contribution in [3.05, 3.63) is 40.4 Å². The highest BCUT2D eigenvalue weighted by atomic mass is 35.5. The first-order valence-corrected chi connectivity index (χ1v) is 13.8. The van der Waals surface area contributed by atoms with E-state index in [-0.39, 0.29) is 77.5 Å². The SMILES string of the molecule is C=CC(=O)N1CCN2C(=O)c3c(N4CCC(OC)C4(C)C)nc(-c4nc(N)cc(C)c4C(F)(F)F)c(Cl)c3OCC2C1. The van der Waals surface area contributed by atoms with Gasteiger partial charge in [-0.15, -0.1) is 0 Å². The number of nitrogens with zero attached hydrogens (tertiary/aromatic N) is 5. The first-order chi connectivity index (χ1) is 19.7. The number of nitrogens with two attached hydrogens (primary N) is 1. The van der Waals surface area contributed by atoms with Gasteiger partial charge in [-0.1, -0.05) is 18.2 Å². The molecule has 2 unspecified atom stereocenters. The predicted octanol–water partition coefficient (Wildman–Crippen LogP) is 3.94. The van der Waals surface area contributed by atoms with Crippen LogP contribution in [0.3, 0.4) is 0 Å². The Balaban J connectivity index is 1.75. The molecule has 0 bridgehead atoms. The minimum Gasteiger partial charge on any atom is -0.489 e. The summed E-state index contributed by atoms with van der Waals surface area (Å²) in [6.45, 7) is 9.66. The normalized spacial score (nSPS) is 21.9. The monoisotopic (exact) mass is 608 g/mol. The molecule has 42 heavy (non-hydrogen) atoms. The van der Waals surface area contributed by atoms with Crippen LogP contribution in [0.4, 0.5) is 24.8 Å². The van der Waals surface area contributed by atoms with E-state index in [1.165, 1.54) is 13.0 Å². The van der Waals surface area contributed by atoms with Crippen molar-refractivity contribution in [3.63, 3.8) is 0 Å². The van der Waals surface area contributed by atoms with Crippen LogP contribution in [0.2, 0.25) is 5.02 Å². The number of ether oxygens (including phenoxy) is 2. The number of aryl methyl sites for hydroxylation is 1. The minimum atomic E-state index is -4.80. The summed E-state index contributed by atoms with van der Waals surface area (Å²) in [6, 6.07) is 0.595. The van der Waals surface area contributed by atoms with Gasteiger partial charge >= 0.3 is 6.18 Å². The second kappa shape index (κ2) is 10.6. The van der Waals surface area contributed by atoms with E-state index in [0.29, 0.717) is 13.0 Å². The molecular formula is C28H32ClF3N6O4. The number of hydrogen-bond donors (Lipinski definition) is 1. The van der Waals surface area contributed by atoms with Gasteiger partial charge in [0.1, 0.15) is 40.2 Å². The molecule has 14 heteroatoms. The number of rotatable bonds is 4. The zero-order valence-electron chi connectivity index (χ0n) is 23.7. The molecular weight excluding hydrogens is 577 g/mol. The molecule has 3 aliphatic rings. The van der Waals surface area contributed by atoms with Crippen LogP contribution in [0, 0.1) is 6.92 Å². The molecule has 0 spiro atoms. The summed E-state index contributed by atoms with van der Waals surface area (Å²) in [5, 5.41) is -0.288. The van der Waals surface area contributed by atoms with Gasteiger partial charge in [0, 0.05) is 33.3 Å². The number of anilines is 2. The lowest BCUT2D eigenvalue weighted by atomic mass is 9.97. The number of amides is 2. The molecule has 3 aliphatic heterocycles. The highest BCUT2D eigenvalue weighted by Crippen LogP contribution is 2.48. The van der Waals surface area contributed by atoms with Gasteiger partial charge in [-0.2, -0.15) is 13.2 Å². The fourth-order valence-electron chi connectivity index (χ4n) is 6.20. The maximum Gasteiger partial charge on any atom is 0.418 e. The molecule has 0 radical (unpaired) electrons. The second-order valence-electron chi connectivity index (χ2n) is 11.2. The summed E-state index contributed by atoms with van der Waals surface area (Å²) < 4.78 is 55.0. The Morgan fingerprint density at radius 3 is 2.60 bits per heavy atom. The lowest BCUT2D eigenvalue weighted by Crippen LogP contribution is -2.57. The molecule has 2 aromatic rings. The van der Waals surface area contributed by atoms with Crippen molar-refractivity contribution in [1.29, 1.82) is 0 Å². The van der Waals surface area contributed by atoms with E-state index in [9.17, 15) is 22.8 Å². The lowest BCUT2D eigenvalue weighted by Gasteiger charge is -2.40. The Labute approximate surface area is 246 Å². The van der Waals surface area contributed by atoms with Gasteiger partial charge in [0.25, 0.3) is 5.91 Å². The van der Waals surface area contributed by atoms with Crippen LogP contribution in [0.1, 0.15) is 41.8 Å². The Hall–Kier alpha value is -3.58. The molecule has 5 rings (SSSR count). The second-order valence-corrected chi connectivity index (χ2v) is 11.5. The number of methoxy groups -OCH3 is 1. The summed E-state index contributed by atoms with van der Waals surface area (Å²) in [6.07, 6.45) is -3.27. The van der Waals surface area contributed by atoms with E-state index >= 15 is 0 Å². The highest BCUT2D eigenvalue weighted by molar-refractivity contribution is 6.35. The molecule has 0 saturated carbocycles. The summed E-state index contributed by atoms with van der Waals surface area (Å²) in [4.78, 5) is 40.2. The molecule has 2 amide bonds. The zero-order valence-corrected chi connectivity index (χ0v) is 24.5. The fourth-order valence-corrected chi connectivity index (χ4v) is 6.48. The van der Waals surface area contributed by atoms with Crippen molar-refractivity contribution in [3.8, 4) is 17.1 Å². The molecule has 2 saturated heterocycles. The largest absolute Gasteiger partial charge is 0.489 e. The maximum absolute atomic E-state index is 14.4. The molecule has 2 fully saturated rings. The Morgan fingerprint density at radius 1 is 1.26 bits per heavy atom. The van der Waals surface area contributed by atoms with E-state index in [1.54, 1.807) is 16.9 Å². The Morgan fingerprint density at radius 2 is 1.98 bits per heavy atom. The number of piperazine rings is 1. The number of carbonyl (C=O) groups is 2. The lowest BCUT2D eigenvalue weighted by molar-refractivity contribution is -0.137. The first kappa shape index (κ1) is 29.9. The van der Waals surface area contributed by atoms with Gasteiger partial charge < -0.3 is 29.9 Å². The van der Waals surface area contributed by atoms with Crippen molar-refractivity contribution in [2.75, 3.05) is 50.5 Å². The number of carbonyl (C=O) groups excluding carboxylic acids is 2. The Kier molecular flexibility index (Phi) is 7.55. The summed E-state index contributed by atoms with van der Waals surface area (Å²) in [7, 11) is 1.58. The number of hydrogen-bond acceptors (Lipinski definition) is 8. The predicted molar refractivity (Wildman–Crippen MR) is 151 cm³/mol. The van der Waals surface area contributed by atoms with Crippen molar-refractivity contribution < 1.29 is 32.2 Å². The van der Waals surface area contributed by atoms with Crippen LogP contribution in [0.25, 0.3) is 11.4 Å². The summed E-state index contributed by atoms with van der Waals surface area (Å²) in [5.74, 6) is -0.854. The number of aromatic nitrogens is 2. The first-order valence-electron chi connectivity index (χ1n) is 13.4. The van der Waals surface area contributed by atoms with Gasteiger partial charge in [-0.3, -0.25) is 9.59 Å². The average Bonchev–Trinajstić information content (AvgIpc) is 3.14. The van der Waals surface area contributed by atoms with Crippen LogP contribution >= 0.6 is 11.6 Å². The van der Waals surface area contributed by atoms with Crippen LogP contribution < -0.4 is 15.4 Å². The molecule has 226 valence electrons.